The van der Waals surface area contributed by atoms with Crippen LogP contribution in [0, 0.1) is 6.92 Å². The third-order valence-corrected chi connectivity index (χ3v) is 5.41. The number of fused-ring (bicyclic) bond motifs is 1. The predicted molar refractivity (Wildman–Crippen MR) is 118 cm³/mol. The molecule has 2 heterocycles. The minimum atomic E-state index is -0.134. The van der Waals surface area contributed by atoms with Crippen molar-refractivity contribution in [2.24, 2.45) is 0 Å². The van der Waals surface area contributed by atoms with E-state index in [4.69, 9.17) is 4.74 Å². The van der Waals surface area contributed by atoms with E-state index >= 15 is 0 Å². The molecule has 0 fully saturated rings. The maximum absolute atomic E-state index is 12.5. The first-order chi connectivity index (χ1) is 14.7. The fourth-order valence-corrected chi connectivity index (χ4v) is 3.75. The molecule has 1 amide bonds. The first-order valence-electron chi connectivity index (χ1n) is 9.56. The van der Waals surface area contributed by atoms with E-state index in [9.17, 15) is 4.79 Å². The highest BCUT2D eigenvalue weighted by Gasteiger charge is 2.14. The van der Waals surface area contributed by atoms with Crippen molar-refractivity contribution in [3.8, 4) is 11.4 Å². The number of para-hydroxylation sites is 2. The molecule has 0 aliphatic carbocycles. The van der Waals surface area contributed by atoms with Crippen LogP contribution in [-0.2, 0) is 4.79 Å². The molecule has 0 aliphatic rings. The number of carbonyl (C=O) groups is 1. The van der Waals surface area contributed by atoms with Crippen LogP contribution in [-0.4, -0.2) is 38.0 Å². The Labute approximate surface area is 178 Å². The van der Waals surface area contributed by atoms with E-state index < -0.39 is 0 Å². The molecule has 0 bridgehead atoms. The molecule has 152 valence electrons. The summed E-state index contributed by atoms with van der Waals surface area (Å²) in [6.45, 7) is 4.48. The van der Waals surface area contributed by atoms with Gasteiger partial charge >= 0.3 is 0 Å². The predicted octanol–water partition coefficient (Wildman–Crippen LogP) is 4.25. The lowest BCUT2D eigenvalue weighted by atomic mass is 10.2. The third kappa shape index (κ3) is 4.28. The first kappa shape index (κ1) is 19.9. The van der Waals surface area contributed by atoms with E-state index in [1.807, 2.05) is 62.4 Å². The van der Waals surface area contributed by atoms with E-state index in [0.717, 1.165) is 11.1 Å². The minimum Gasteiger partial charge on any atom is -0.492 e. The molecule has 2 aromatic heterocycles. The van der Waals surface area contributed by atoms with Gasteiger partial charge in [-0.1, -0.05) is 41.6 Å². The van der Waals surface area contributed by atoms with E-state index in [-0.39, 0.29) is 11.7 Å². The fourth-order valence-electron chi connectivity index (χ4n) is 2.98. The van der Waals surface area contributed by atoms with Crippen LogP contribution in [0.1, 0.15) is 12.5 Å². The van der Waals surface area contributed by atoms with Gasteiger partial charge in [-0.2, -0.15) is 5.10 Å². The number of nitrogens with zero attached hydrogens (tertiary/aromatic N) is 4. The van der Waals surface area contributed by atoms with E-state index in [0.29, 0.717) is 28.7 Å². The molecule has 0 unspecified atom stereocenters. The number of thioether (sulfide) groups is 1. The Morgan fingerprint density at radius 1 is 1.13 bits per heavy atom. The Kier molecular flexibility index (Phi) is 5.94. The summed E-state index contributed by atoms with van der Waals surface area (Å²) in [6.07, 6.45) is 3.24. The standard InChI is InChI=1S/C22H21N5O2S/c1-3-29-19-7-5-4-6-18(19)26-20(28)13-30-22-17-12-25-27(21(17)23-14-24-22)16-10-8-15(2)9-11-16/h4-12,14H,3,13H2,1-2H3,(H,26,28). The van der Waals surface area contributed by atoms with Gasteiger partial charge in [-0.05, 0) is 38.1 Å². The second-order valence-corrected chi connectivity index (χ2v) is 7.54. The van der Waals surface area contributed by atoms with E-state index in [2.05, 4.69) is 20.4 Å². The van der Waals surface area contributed by atoms with Gasteiger partial charge in [0.25, 0.3) is 0 Å². The molecule has 4 rings (SSSR count). The Bertz CT molecular complexity index is 1170. The number of aromatic nitrogens is 4. The summed E-state index contributed by atoms with van der Waals surface area (Å²) in [5.41, 5.74) is 3.47. The molecule has 0 atom stereocenters. The van der Waals surface area contributed by atoms with Crippen molar-refractivity contribution in [2.75, 3.05) is 17.7 Å². The summed E-state index contributed by atoms with van der Waals surface area (Å²) in [4.78, 5) is 21.2. The minimum absolute atomic E-state index is 0.134. The van der Waals surface area contributed by atoms with Gasteiger partial charge in [0, 0.05) is 0 Å². The van der Waals surface area contributed by atoms with Crippen molar-refractivity contribution >= 4 is 34.4 Å². The normalized spacial score (nSPS) is 10.9. The zero-order chi connectivity index (χ0) is 20.9. The SMILES string of the molecule is CCOc1ccccc1NC(=O)CSc1ncnc2c1cnn2-c1ccc(C)cc1. The molecule has 0 radical (unpaired) electrons. The Morgan fingerprint density at radius 2 is 1.93 bits per heavy atom. The van der Waals surface area contributed by atoms with Crippen molar-refractivity contribution in [1.82, 2.24) is 19.7 Å². The van der Waals surface area contributed by atoms with Gasteiger partial charge in [-0.25, -0.2) is 14.6 Å². The van der Waals surface area contributed by atoms with Crippen LogP contribution < -0.4 is 10.1 Å². The topological polar surface area (TPSA) is 81.9 Å². The van der Waals surface area contributed by atoms with Crippen molar-refractivity contribution in [2.45, 2.75) is 18.9 Å². The number of nitrogens with one attached hydrogen (secondary N) is 1. The molecule has 0 aliphatic heterocycles. The van der Waals surface area contributed by atoms with E-state index in [1.54, 1.807) is 10.9 Å². The van der Waals surface area contributed by atoms with Crippen LogP contribution in [0.4, 0.5) is 5.69 Å². The van der Waals surface area contributed by atoms with Crippen LogP contribution in [0.3, 0.4) is 0 Å². The summed E-state index contributed by atoms with van der Waals surface area (Å²) in [6, 6.07) is 15.5. The van der Waals surface area contributed by atoms with Gasteiger partial charge in [0.15, 0.2) is 5.65 Å². The summed E-state index contributed by atoms with van der Waals surface area (Å²) < 4.78 is 7.33. The number of aryl methyl sites for hydroxylation is 1. The zero-order valence-corrected chi connectivity index (χ0v) is 17.5. The smallest absolute Gasteiger partial charge is 0.234 e. The number of ether oxygens (including phenoxy) is 1. The molecule has 8 heteroatoms. The number of carbonyl (C=O) groups excluding carboxylic acids is 1. The Balaban J connectivity index is 1.49. The lowest BCUT2D eigenvalue weighted by Gasteiger charge is -2.11. The molecule has 7 nitrogen and oxygen atoms in total. The maximum atomic E-state index is 12.5. The number of hydrogen-bond acceptors (Lipinski definition) is 6. The summed E-state index contributed by atoms with van der Waals surface area (Å²) in [5, 5.41) is 8.89. The number of rotatable bonds is 7. The van der Waals surface area contributed by atoms with Crippen LogP contribution in [0.15, 0.2) is 66.1 Å². The highest BCUT2D eigenvalue weighted by atomic mass is 32.2. The molecule has 4 aromatic rings. The number of benzene rings is 2. The van der Waals surface area contributed by atoms with Crippen LogP contribution in [0.25, 0.3) is 16.7 Å². The molecular weight excluding hydrogens is 398 g/mol. The second kappa shape index (κ2) is 8.96. The number of amides is 1. The first-order valence-corrected chi connectivity index (χ1v) is 10.5. The molecule has 1 N–H and O–H groups in total. The highest BCUT2D eigenvalue weighted by molar-refractivity contribution is 8.00. The zero-order valence-electron chi connectivity index (χ0n) is 16.7. The van der Waals surface area contributed by atoms with Gasteiger partial charge in [-0.15, -0.1) is 0 Å². The van der Waals surface area contributed by atoms with Gasteiger partial charge in [0.2, 0.25) is 5.91 Å². The van der Waals surface area contributed by atoms with Crippen LogP contribution >= 0.6 is 11.8 Å². The van der Waals surface area contributed by atoms with Gasteiger partial charge in [0.1, 0.15) is 17.1 Å². The number of anilines is 1. The fraction of sp³-hybridized carbons (Fsp3) is 0.182. The molecule has 30 heavy (non-hydrogen) atoms. The lowest BCUT2D eigenvalue weighted by Crippen LogP contribution is -2.15. The third-order valence-electron chi connectivity index (χ3n) is 4.41. The Hall–Kier alpha value is -3.39. The molecule has 0 saturated carbocycles. The Morgan fingerprint density at radius 3 is 2.73 bits per heavy atom. The highest BCUT2D eigenvalue weighted by Crippen LogP contribution is 2.27. The quantitative estimate of drug-likeness (QED) is 0.356. The van der Waals surface area contributed by atoms with Crippen molar-refractivity contribution in [3.05, 3.63) is 66.6 Å². The average Bonchev–Trinajstić information content (AvgIpc) is 3.19. The molecular formula is C22H21N5O2S. The van der Waals surface area contributed by atoms with Gasteiger partial charge in [0.05, 0.1) is 35.3 Å². The van der Waals surface area contributed by atoms with Crippen molar-refractivity contribution in [3.63, 3.8) is 0 Å². The number of hydrogen-bond donors (Lipinski definition) is 1. The summed E-state index contributed by atoms with van der Waals surface area (Å²) in [5.74, 6) is 0.731. The monoisotopic (exact) mass is 419 g/mol. The van der Waals surface area contributed by atoms with E-state index in [1.165, 1.54) is 23.7 Å². The largest absolute Gasteiger partial charge is 0.492 e. The average molecular weight is 420 g/mol. The van der Waals surface area contributed by atoms with Crippen molar-refractivity contribution in [1.29, 1.82) is 0 Å². The lowest BCUT2D eigenvalue weighted by molar-refractivity contribution is -0.113. The maximum Gasteiger partial charge on any atom is 0.234 e. The van der Waals surface area contributed by atoms with Crippen LogP contribution in [0.2, 0.25) is 0 Å². The van der Waals surface area contributed by atoms with Gasteiger partial charge < -0.3 is 10.1 Å². The molecule has 2 aromatic carbocycles. The van der Waals surface area contributed by atoms with Gasteiger partial charge in [-0.3, -0.25) is 4.79 Å². The molecule has 0 saturated heterocycles. The molecule has 0 spiro atoms. The van der Waals surface area contributed by atoms with Crippen molar-refractivity contribution < 1.29 is 9.53 Å². The summed E-state index contributed by atoms with van der Waals surface area (Å²) in [7, 11) is 0. The van der Waals surface area contributed by atoms with Crippen LogP contribution in [0.5, 0.6) is 5.75 Å². The second-order valence-electron chi connectivity index (χ2n) is 6.57. The summed E-state index contributed by atoms with van der Waals surface area (Å²) >= 11 is 1.35.